The largest absolute Gasteiger partial charge is 0.450 e. The summed E-state index contributed by atoms with van der Waals surface area (Å²) in [5.41, 5.74) is 5.79. The van der Waals surface area contributed by atoms with Gasteiger partial charge in [0.25, 0.3) is 0 Å². The van der Waals surface area contributed by atoms with Gasteiger partial charge in [-0.2, -0.15) is 0 Å². The van der Waals surface area contributed by atoms with Gasteiger partial charge < -0.3 is 9.84 Å². The first-order valence-corrected chi connectivity index (χ1v) is 9.35. The molecule has 0 radical (unpaired) electrons. The van der Waals surface area contributed by atoms with Crippen molar-refractivity contribution in [2.24, 2.45) is 11.3 Å². The van der Waals surface area contributed by atoms with Gasteiger partial charge in [-0.25, -0.2) is 0 Å². The molecular formula is C21H21N2O3+. The van der Waals surface area contributed by atoms with E-state index in [9.17, 15) is 9.90 Å². The lowest BCUT2D eigenvalue weighted by atomic mass is 9.57. The number of piperidine rings is 1. The van der Waals surface area contributed by atoms with E-state index in [0.29, 0.717) is 5.92 Å². The van der Waals surface area contributed by atoms with Crippen LogP contribution in [0.3, 0.4) is 0 Å². The van der Waals surface area contributed by atoms with Crippen LogP contribution in [0, 0.1) is 11.3 Å². The van der Waals surface area contributed by atoms with Crippen molar-refractivity contribution in [3.63, 3.8) is 0 Å². The smallest absolute Gasteiger partial charge is 0.367 e. The van der Waals surface area contributed by atoms with Crippen molar-refractivity contribution in [3.8, 4) is 0 Å². The van der Waals surface area contributed by atoms with Crippen molar-refractivity contribution in [1.29, 1.82) is 0 Å². The number of ether oxygens (including phenoxy) is 1. The Kier molecular flexibility index (Phi) is 2.70. The first kappa shape index (κ1) is 14.9. The number of rotatable bonds is 2. The number of carbonyl (C=O) groups is 1. The Morgan fingerprint density at radius 3 is 3.08 bits per heavy atom. The number of para-hydroxylation sites is 1. The van der Waals surface area contributed by atoms with E-state index in [4.69, 9.17) is 4.74 Å². The summed E-state index contributed by atoms with van der Waals surface area (Å²) in [7, 11) is 1.75. The van der Waals surface area contributed by atoms with Gasteiger partial charge in [-0.3, -0.25) is 9.69 Å². The minimum absolute atomic E-state index is 0.0137. The van der Waals surface area contributed by atoms with Crippen LogP contribution in [0.1, 0.15) is 18.4 Å². The quantitative estimate of drug-likeness (QED) is 0.826. The normalized spacial score (nSPS) is 35.5. The standard InChI is InChI=1S/C21H21N2O3/c1-26-20-21-9-12-8-15(17(25)11-24)18(21)22(10-12)7-6-14-13-4-2-3-5-16(13)23(20)19(14)21/h2-5,8,12,18,24H,6-7,9-11H2,1H3/q+1. The summed E-state index contributed by atoms with van der Waals surface area (Å²) in [4.78, 5) is 15.0. The van der Waals surface area contributed by atoms with Gasteiger partial charge in [0.1, 0.15) is 6.61 Å². The van der Waals surface area contributed by atoms with Gasteiger partial charge in [-0.15, -0.1) is 4.58 Å². The van der Waals surface area contributed by atoms with Crippen LogP contribution in [-0.4, -0.2) is 59.1 Å². The fraction of sp³-hybridized carbons (Fsp3) is 0.429. The number of fused-ring (bicyclic) bond motifs is 3. The molecule has 4 atom stereocenters. The average molecular weight is 349 g/mol. The molecule has 4 bridgehead atoms. The summed E-state index contributed by atoms with van der Waals surface area (Å²) in [6, 6.07) is 8.52. The van der Waals surface area contributed by atoms with E-state index in [2.05, 4.69) is 39.8 Å². The molecule has 7 rings (SSSR count). The van der Waals surface area contributed by atoms with Crippen LogP contribution < -0.4 is 0 Å². The summed E-state index contributed by atoms with van der Waals surface area (Å²) >= 11 is 0. The summed E-state index contributed by atoms with van der Waals surface area (Å²) in [5, 5.41) is 9.53. The topological polar surface area (TPSA) is 52.8 Å². The molecule has 132 valence electrons. The molecule has 1 saturated heterocycles. The number of hydrogen-bond donors (Lipinski definition) is 1. The lowest BCUT2D eigenvalue weighted by Gasteiger charge is -2.54. The van der Waals surface area contributed by atoms with Crippen LogP contribution in [0.2, 0.25) is 0 Å². The second-order valence-electron chi connectivity index (χ2n) is 7.98. The van der Waals surface area contributed by atoms with E-state index in [1.165, 1.54) is 22.5 Å². The molecule has 1 aliphatic carbocycles. The lowest BCUT2D eigenvalue weighted by Crippen LogP contribution is -2.68. The predicted octanol–water partition coefficient (Wildman–Crippen LogP) is 1.70. The summed E-state index contributed by atoms with van der Waals surface area (Å²) in [6.07, 6.45) is 4.10. The molecule has 5 heteroatoms. The Bertz CT molecular complexity index is 973. The zero-order chi connectivity index (χ0) is 17.6. The maximum absolute atomic E-state index is 12.5. The third kappa shape index (κ3) is 1.44. The highest BCUT2D eigenvalue weighted by atomic mass is 16.5. The highest BCUT2D eigenvalue weighted by molar-refractivity contribution is 6.03. The Morgan fingerprint density at radius 2 is 2.27 bits per heavy atom. The minimum atomic E-state index is -0.420. The summed E-state index contributed by atoms with van der Waals surface area (Å²) in [6.45, 7) is 1.52. The van der Waals surface area contributed by atoms with E-state index in [1.54, 1.807) is 7.11 Å². The van der Waals surface area contributed by atoms with Crippen molar-refractivity contribution in [3.05, 3.63) is 47.2 Å². The molecule has 1 N–H and O–H groups in total. The minimum Gasteiger partial charge on any atom is -0.450 e. The van der Waals surface area contributed by atoms with Crippen molar-refractivity contribution in [2.75, 3.05) is 26.8 Å². The second-order valence-corrected chi connectivity index (χ2v) is 7.98. The van der Waals surface area contributed by atoms with Crippen molar-refractivity contribution < 1.29 is 19.2 Å². The van der Waals surface area contributed by atoms with Crippen molar-refractivity contribution in [1.82, 2.24) is 4.90 Å². The number of methoxy groups -OCH3 is 1. The lowest BCUT2D eigenvalue weighted by molar-refractivity contribution is -0.452. The van der Waals surface area contributed by atoms with Crippen LogP contribution in [0.4, 0.5) is 5.69 Å². The molecule has 0 amide bonds. The number of Topliss-reactive ketones (excluding diaryl/α,β-unsaturated/α-hetero) is 1. The van der Waals surface area contributed by atoms with E-state index < -0.39 is 6.61 Å². The molecule has 0 aromatic heterocycles. The SMILES string of the molecule is COC1=[N+]2C3=C(CCN4CC5C=C(C(=O)CO)C4C31C5)c1ccccc12. The Balaban J connectivity index is 1.64. The fourth-order valence-corrected chi connectivity index (χ4v) is 6.23. The molecule has 1 fully saturated rings. The number of aliphatic hydroxyl groups excluding tert-OH is 1. The monoisotopic (exact) mass is 349 g/mol. The molecular weight excluding hydrogens is 328 g/mol. The predicted molar refractivity (Wildman–Crippen MR) is 96.0 cm³/mol. The van der Waals surface area contributed by atoms with Crippen LogP contribution in [0.25, 0.3) is 5.57 Å². The van der Waals surface area contributed by atoms with Crippen LogP contribution in [0.15, 0.2) is 41.6 Å². The zero-order valence-corrected chi connectivity index (χ0v) is 14.7. The molecule has 0 saturated carbocycles. The third-order valence-corrected chi connectivity index (χ3v) is 6.89. The van der Waals surface area contributed by atoms with Gasteiger partial charge in [0.05, 0.1) is 18.7 Å². The maximum atomic E-state index is 12.5. The van der Waals surface area contributed by atoms with Gasteiger partial charge >= 0.3 is 5.90 Å². The molecule has 26 heavy (non-hydrogen) atoms. The van der Waals surface area contributed by atoms with Gasteiger partial charge in [0.2, 0.25) is 11.4 Å². The Morgan fingerprint density at radius 1 is 1.42 bits per heavy atom. The molecule has 1 aromatic rings. The highest BCUT2D eigenvalue weighted by Gasteiger charge is 2.75. The first-order chi connectivity index (χ1) is 12.7. The van der Waals surface area contributed by atoms with E-state index in [1.807, 2.05) is 0 Å². The summed E-state index contributed by atoms with van der Waals surface area (Å²) < 4.78 is 8.24. The second kappa shape index (κ2) is 4.72. The number of benzene rings is 1. The average Bonchev–Trinajstić information content (AvgIpc) is 2.93. The molecule has 5 heterocycles. The van der Waals surface area contributed by atoms with E-state index >= 15 is 0 Å². The van der Waals surface area contributed by atoms with Crippen LogP contribution in [0.5, 0.6) is 0 Å². The van der Waals surface area contributed by atoms with Gasteiger partial charge in [-0.05, 0) is 24.8 Å². The Labute approximate surface area is 151 Å². The molecule has 6 aliphatic rings. The molecule has 1 aromatic carbocycles. The van der Waals surface area contributed by atoms with Crippen LogP contribution >= 0.6 is 0 Å². The number of ketones is 1. The number of aliphatic hydroxyl groups is 1. The number of hydrogen-bond acceptors (Lipinski definition) is 4. The fourth-order valence-electron chi connectivity index (χ4n) is 6.23. The molecule has 1 spiro atoms. The summed E-state index contributed by atoms with van der Waals surface area (Å²) in [5.74, 6) is 1.15. The molecule has 5 nitrogen and oxygen atoms in total. The van der Waals surface area contributed by atoms with Crippen molar-refractivity contribution in [2.45, 2.75) is 18.9 Å². The van der Waals surface area contributed by atoms with Gasteiger partial charge in [-0.1, -0.05) is 18.2 Å². The third-order valence-electron chi connectivity index (χ3n) is 6.89. The zero-order valence-electron chi connectivity index (χ0n) is 14.7. The maximum Gasteiger partial charge on any atom is 0.367 e. The number of carbonyl (C=O) groups excluding carboxylic acids is 1. The van der Waals surface area contributed by atoms with E-state index in [-0.39, 0.29) is 17.2 Å². The van der Waals surface area contributed by atoms with Crippen molar-refractivity contribution >= 4 is 22.9 Å². The molecule has 5 aliphatic heterocycles. The molecule has 4 unspecified atom stereocenters. The highest BCUT2D eigenvalue weighted by Crippen LogP contribution is 2.64. The number of nitrogens with zero attached hydrogens (tertiary/aromatic N) is 2. The Hall–Kier alpha value is -2.24. The van der Waals surface area contributed by atoms with Gasteiger partial charge in [0.15, 0.2) is 11.2 Å². The van der Waals surface area contributed by atoms with Gasteiger partial charge in [0, 0.05) is 30.3 Å². The first-order valence-electron chi connectivity index (χ1n) is 9.35. The van der Waals surface area contributed by atoms with Crippen LogP contribution in [-0.2, 0) is 9.53 Å². The van der Waals surface area contributed by atoms with E-state index in [0.717, 1.165) is 37.4 Å².